The van der Waals surface area contributed by atoms with E-state index < -0.39 is 0 Å². The van der Waals surface area contributed by atoms with Gasteiger partial charge in [0.25, 0.3) is 0 Å². The minimum absolute atomic E-state index is 0.0701. The molecule has 4 heteroatoms. The number of ether oxygens (including phenoxy) is 1. The third-order valence-electron chi connectivity index (χ3n) is 3.18. The number of methoxy groups -OCH3 is 1. The van der Waals surface area contributed by atoms with Gasteiger partial charge in [-0.15, -0.1) is 0 Å². The molecular weight excluding hydrogens is 240 g/mol. The van der Waals surface area contributed by atoms with Crippen molar-refractivity contribution in [2.45, 2.75) is 25.8 Å². The zero-order valence-corrected chi connectivity index (χ0v) is 12.0. The van der Waals surface area contributed by atoms with E-state index in [-0.39, 0.29) is 17.9 Å². The van der Waals surface area contributed by atoms with Crippen molar-refractivity contribution in [2.75, 3.05) is 26.8 Å². The van der Waals surface area contributed by atoms with Crippen LogP contribution in [0.1, 0.15) is 25.3 Å². The highest BCUT2D eigenvalue weighted by Crippen LogP contribution is 2.18. The van der Waals surface area contributed by atoms with Crippen LogP contribution in [-0.2, 0) is 9.53 Å². The zero-order chi connectivity index (χ0) is 14.3. The van der Waals surface area contributed by atoms with Crippen molar-refractivity contribution < 1.29 is 9.53 Å². The van der Waals surface area contributed by atoms with Crippen LogP contribution in [0.4, 0.5) is 0 Å². The normalized spacial score (nSPS) is 12.5. The van der Waals surface area contributed by atoms with Gasteiger partial charge in [-0.05, 0) is 19.4 Å². The summed E-state index contributed by atoms with van der Waals surface area (Å²) in [6, 6.07) is 9.84. The van der Waals surface area contributed by atoms with Crippen LogP contribution in [0.15, 0.2) is 30.3 Å². The molecule has 1 unspecified atom stereocenters. The number of hydrogen-bond donors (Lipinski definition) is 1. The highest BCUT2D eigenvalue weighted by Gasteiger charge is 2.26. The lowest BCUT2D eigenvalue weighted by molar-refractivity contribution is -0.135. The van der Waals surface area contributed by atoms with Gasteiger partial charge in [0.15, 0.2) is 0 Å². The Kier molecular flexibility index (Phi) is 6.53. The highest BCUT2D eigenvalue weighted by molar-refractivity contribution is 5.84. The standard InChI is InChI=1S/C15H24N2O2/c1-12(2)17(9-10-19-3)15(18)14(11-16)13-7-5-4-6-8-13/h4-8,12,14H,9-11,16H2,1-3H3. The van der Waals surface area contributed by atoms with Crippen LogP contribution in [0.5, 0.6) is 0 Å². The van der Waals surface area contributed by atoms with Crippen LogP contribution >= 0.6 is 0 Å². The summed E-state index contributed by atoms with van der Waals surface area (Å²) in [4.78, 5) is 14.4. The van der Waals surface area contributed by atoms with Gasteiger partial charge >= 0.3 is 0 Å². The molecule has 19 heavy (non-hydrogen) atoms. The van der Waals surface area contributed by atoms with E-state index in [4.69, 9.17) is 10.5 Å². The first kappa shape index (κ1) is 15.7. The summed E-state index contributed by atoms with van der Waals surface area (Å²) in [7, 11) is 1.64. The number of carbonyl (C=O) groups excluding carboxylic acids is 1. The molecular formula is C15H24N2O2. The monoisotopic (exact) mass is 264 g/mol. The van der Waals surface area contributed by atoms with Gasteiger partial charge in [-0.3, -0.25) is 4.79 Å². The quantitative estimate of drug-likeness (QED) is 0.814. The minimum Gasteiger partial charge on any atom is -0.383 e. The SMILES string of the molecule is COCCN(C(=O)C(CN)c1ccccc1)C(C)C. The van der Waals surface area contributed by atoms with Crippen LogP contribution in [-0.4, -0.2) is 43.7 Å². The van der Waals surface area contributed by atoms with Crippen molar-refractivity contribution in [3.05, 3.63) is 35.9 Å². The maximum absolute atomic E-state index is 12.6. The molecule has 1 rings (SSSR count). The van der Waals surface area contributed by atoms with Crippen molar-refractivity contribution in [3.8, 4) is 0 Å². The topological polar surface area (TPSA) is 55.6 Å². The molecule has 0 saturated carbocycles. The smallest absolute Gasteiger partial charge is 0.231 e. The number of nitrogens with two attached hydrogens (primary N) is 1. The molecule has 1 aromatic carbocycles. The number of rotatable bonds is 7. The summed E-state index contributed by atoms with van der Waals surface area (Å²) in [6.45, 7) is 5.46. The molecule has 2 N–H and O–H groups in total. The first-order valence-corrected chi connectivity index (χ1v) is 6.66. The third-order valence-corrected chi connectivity index (χ3v) is 3.18. The van der Waals surface area contributed by atoms with Crippen LogP contribution in [0.2, 0.25) is 0 Å². The molecule has 0 aliphatic rings. The average Bonchev–Trinajstić information content (AvgIpc) is 2.41. The van der Waals surface area contributed by atoms with Gasteiger partial charge in [0, 0.05) is 26.2 Å². The fourth-order valence-corrected chi connectivity index (χ4v) is 2.08. The summed E-state index contributed by atoms with van der Waals surface area (Å²) in [5, 5.41) is 0. The molecule has 0 aliphatic carbocycles. The van der Waals surface area contributed by atoms with E-state index in [2.05, 4.69) is 0 Å². The molecule has 0 spiro atoms. The van der Waals surface area contributed by atoms with Gasteiger partial charge in [-0.25, -0.2) is 0 Å². The molecule has 0 fully saturated rings. The summed E-state index contributed by atoms with van der Waals surface area (Å²) < 4.78 is 5.07. The predicted molar refractivity (Wildman–Crippen MR) is 77.0 cm³/mol. The van der Waals surface area contributed by atoms with Gasteiger partial charge in [-0.1, -0.05) is 30.3 Å². The number of nitrogens with zero attached hydrogens (tertiary/aromatic N) is 1. The average molecular weight is 264 g/mol. The maximum Gasteiger partial charge on any atom is 0.231 e. The van der Waals surface area contributed by atoms with Crippen LogP contribution in [0.3, 0.4) is 0 Å². The van der Waals surface area contributed by atoms with E-state index in [1.54, 1.807) is 7.11 Å². The van der Waals surface area contributed by atoms with E-state index in [0.29, 0.717) is 19.7 Å². The summed E-state index contributed by atoms with van der Waals surface area (Å²) in [5.74, 6) is -0.207. The molecule has 1 atom stereocenters. The summed E-state index contributed by atoms with van der Waals surface area (Å²) in [5.41, 5.74) is 6.76. The van der Waals surface area contributed by atoms with Gasteiger partial charge in [0.05, 0.1) is 12.5 Å². The molecule has 4 nitrogen and oxygen atoms in total. The maximum atomic E-state index is 12.6. The Bertz CT molecular complexity index is 379. The number of hydrogen-bond acceptors (Lipinski definition) is 3. The van der Waals surface area contributed by atoms with Crippen molar-refractivity contribution in [1.82, 2.24) is 4.90 Å². The van der Waals surface area contributed by atoms with Crippen molar-refractivity contribution in [1.29, 1.82) is 0 Å². The molecule has 0 radical (unpaired) electrons. The Morgan fingerprint density at radius 3 is 2.42 bits per heavy atom. The summed E-state index contributed by atoms with van der Waals surface area (Å²) in [6.07, 6.45) is 0. The Balaban J connectivity index is 2.86. The molecule has 0 aromatic heterocycles. The predicted octanol–water partition coefficient (Wildman–Crippen LogP) is 1.61. The lowest BCUT2D eigenvalue weighted by Gasteiger charge is -2.30. The molecule has 106 valence electrons. The second-order valence-corrected chi connectivity index (χ2v) is 4.82. The van der Waals surface area contributed by atoms with Crippen LogP contribution in [0, 0.1) is 0 Å². The van der Waals surface area contributed by atoms with Crippen molar-refractivity contribution in [2.24, 2.45) is 5.73 Å². The van der Waals surface area contributed by atoms with E-state index in [1.807, 2.05) is 49.1 Å². The van der Waals surface area contributed by atoms with Gasteiger partial charge < -0.3 is 15.4 Å². The molecule has 1 amide bonds. The fourth-order valence-electron chi connectivity index (χ4n) is 2.08. The lowest BCUT2D eigenvalue weighted by Crippen LogP contribution is -2.43. The van der Waals surface area contributed by atoms with Gasteiger partial charge in [0.1, 0.15) is 0 Å². The summed E-state index contributed by atoms with van der Waals surface area (Å²) >= 11 is 0. The Hall–Kier alpha value is -1.39. The second kappa shape index (κ2) is 7.92. The molecule has 0 heterocycles. The van der Waals surface area contributed by atoms with Crippen molar-refractivity contribution >= 4 is 5.91 Å². The van der Waals surface area contributed by atoms with E-state index in [9.17, 15) is 4.79 Å². The third kappa shape index (κ3) is 4.33. The van der Waals surface area contributed by atoms with E-state index in [1.165, 1.54) is 0 Å². The Morgan fingerprint density at radius 1 is 1.32 bits per heavy atom. The van der Waals surface area contributed by atoms with Gasteiger partial charge in [0.2, 0.25) is 5.91 Å². The van der Waals surface area contributed by atoms with Crippen molar-refractivity contribution in [3.63, 3.8) is 0 Å². The van der Waals surface area contributed by atoms with Crippen LogP contribution < -0.4 is 5.73 Å². The number of amides is 1. The Labute approximate surface area is 115 Å². The fraction of sp³-hybridized carbons (Fsp3) is 0.533. The molecule has 1 aromatic rings. The highest BCUT2D eigenvalue weighted by atomic mass is 16.5. The Morgan fingerprint density at radius 2 is 1.95 bits per heavy atom. The van der Waals surface area contributed by atoms with E-state index >= 15 is 0 Å². The minimum atomic E-state index is -0.277. The van der Waals surface area contributed by atoms with Gasteiger partial charge in [-0.2, -0.15) is 0 Å². The second-order valence-electron chi connectivity index (χ2n) is 4.82. The number of carbonyl (C=O) groups is 1. The van der Waals surface area contributed by atoms with E-state index in [0.717, 1.165) is 5.56 Å². The first-order valence-electron chi connectivity index (χ1n) is 6.66. The largest absolute Gasteiger partial charge is 0.383 e. The molecule has 0 aliphatic heterocycles. The lowest BCUT2D eigenvalue weighted by atomic mass is 9.97. The first-order chi connectivity index (χ1) is 9.11. The molecule has 0 saturated heterocycles. The molecule has 0 bridgehead atoms. The number of benzene rings is 1. The zero-order valence-electron chi connectivity index (χ0n) is 12.0. The van der Waals surface area contributed by atoms with Crippen LogP contribution in [0.25, 0.3) is 0 Å².